The monoisotopic (exact) mass is 433 g/mol. The summed E-state index contributed by atoms with van der Waals surface area (Å²) < 4.78 is 11.4. The molecule has 0 aromatic heterocycles. The Labute approximate surface area is 185 Å². The molecule has 1 aliphatic heterocycles. The maximum Gasteiger partial charge on any atom is 0.322 e. The molecule has 0 unspecified atom stereocenters. The minimum Gasteiger partial charge on any atom is -0.497 e. The van der Waals surface area contributed by atoms with E-state index in [1.807, 2.05) is 30.3 Å². The van der Waals surface area contributed by atoms with Crippen LogP contribution >= 0.6 is 0 Å². The third kappa shape index (κ3) is 4.65. The van der Waals surface area contributed by atoms with Crippen molar-refractivity contribution in [1.82, 2.24) is 10.4 Å². The molecular formula is C24H23N3O5. The van der Waals surface area contributed by atoms with Gasteiger partial charge in [0.2, 0.25) is 0 Å². The second-order valence-corrected chi connectivity index (χ2v) is 7.32. The number of benzene rings is 3. The quantitative estimate of drug-likeness (QED) is 0.427. The number of amides is 3. The van der Waals surface area contributed by atoms with Gasteiger partial charge in [-0.2, -0.15) is 0 Å². The Kier molecular flexibility index (Phi) is 6.23. The van der Waals surface area contributed by atoms with Crippen LogP contribution in [0, 0.1) is 0 Å². The largest absolute Gasteiger partial charge is 0.497 e. The maximum absolute atomic E-state index is 13.1. The van der Waals surface area contributed by atoms with Crippen molar-refractivity contribution < 1.29 is 24.3 Å². The molecule has 0 fully saturated rings. The van der Waals surface area contributed by atoms with E-state index in [-0.39, 0.29) is 11.6 Å². The van der Waals surface area contributed by atoms with E-state index in [0.717, 1.165) is 11.1 Å². The van der Waals surface area contributed by atoms with E-state index in [2.05, 4.69) is 5.32 Å². The summed E-state index contributed by atoms with van der Waals surface area (Å²) >= 11 is 0. The van der Waals surface area contributed by atoms with Gasteiger partial charge >= 0.3 is 6.03 Å². The highest BCUT2D eigenvalue weighted by Gasteiger charge is 2.28. The highest BCUT2D eigenvalue weighted by Crippen LogP contribution is 2.32. The molecule has 3 N–H and O–H groups in total. The minimum absolute atomic E-state index is 0.259. The summed E-state index contributed by atoms with van der Waals surface area (Å²) in [6.07, 6.45) is -0.438. The number of hydroxylamine groups is 1. The van der Waals surface area contributed by atoms with E-state index in [4.69, 9.17) is 14.7 Å². The SMILES string of the molecule is COc1ccc(NC(=O)N2Cc3ccc(C(=O)NO)cc3O[C@@H](c3ccccc3)C2)cc1. The molecule has 3 aromatic rings. The number of anilines is 1. The molecule has 3 amide bonds. The van der Waals surface area contributed by atoms with E-state index in [1.54, 1.807) is 60.0 Å². The van der Waals surface area contributed by atoms with Gasteiger partial charge in [0.05, 0.1) is 20.2 Å². The van der Waals surface area contributed by atoms with E-state index in [0.29, 0.717) is 30.3 Å². The van der Waals surface area contributed by atoms with Crippen LogP contribution in [0.5, 0.6) is 11.5 Å². The highest BCUT2D eigenvalue weighted by atomic mass is 16.5. The fourth-order valence-corrected chi connectivity index (χ4v) is 3.53. The molecule has 32 heavy (non-hydrogen) atoms. The van der Waals surface area contributed by atoms with Gasteiger partial charge in [-0.3, -0.25) is 10.0 Å². The molecular weight excluding hydrogens is 410 g/mol. The number of urea groups is 1. The van der Waals surface area contributed by atoms with Crippen LogP contribution in [0.25, 0.3) is 0 Å². The molecule has 0 aliphatic carbocycles. The first-order chi connectivity index (χ1) is 15.6. The Bertz CT molecular complexity index is 1100. The summed E-state index contributed by atoms with van der Waals surface area (Å²) in [5, 5.41) is 11.9. The van der Waals surface area contributed by atoms with Gasteiger partial charge < -0.3 is 19.7 Å². The number of hydrogen-bond donors (Lipinski definition) is 3. The van der Waals surface area contributed by atoms with Crippen LogP contribution in [0.2, 0.25) is 0 Å². The minimum atomic E-state index is -0.633. The second kappa shape index (κ2) is 9.40. The molecule has 8 heteroatoms. The van der Waals surface area contributed by atoms with Gasteiger partial charge in [0.25, 0.3) is 5.91 Å². The third-order valence-corrected chi connectivity index (χ3v) is 5.25. The first kappa shape index (κ1) is 21.2. The summed E-state index contributed by atoms with van der Waals surface area (Å²) in [6.45, 7) is 0.601. The lowest BCUT2D eigenvalue weighted by molar-refractivity contribution is 0.0705. The lowest BCUT2D eigenvalue weighted by atomic mass is 10.1. The molecule has 3 aromatic carbocycles. The van der Waals surface area contributed by atoms with E-state index >= 15 is 0 Å². The van der Waals surface area contributed by atoms with Crippen LogP contribution in [-0.4, -0.2) is 35.7 Å². The van der Waals surface area contributed by atoms with Gasteiger partial charge in [-0.05, 0) is 42.0 Å². The smallest absolute Gasteiger partial charge is 0.322 e. The van der Waals surface area contributed by atoms with Crippen molar-refractivity contribution >= 4 is 17.6 Å². The summed E-state index contributed by atoms with van der Waals surface area (Å²) in [6, 6.07) is 21.3. The number of hydrogen-bond acceptors (Lipinski definition) is 5. The standard InChI is InChI=1S/C24H23N3O5/c1-31-20-11-9-19(10-12-20)25-24(29)27-14-18-8-7-17(23(28)26-30)13-21(18)32-22(15-27)16-5-3-2-4-6-16/h2-13,22,30H,14-15H2,1H3,(H,25,29)(H,26,28)/t22-/m1/s1. The van der Waals surface area contributed by atoms with Gasteiger partial charge in [0, 0.05) is 16.8 Å². The first-order valence-corrected chi connectivity index (χ1v) is 10.1. The van der Waals surface area contributed by atoms with Crippen molar-refractivity contribution in [1.29, 1.82) is 0 Å². The molecule has 1 heterocycles. The molecule has 0 saturated heterocycles. The third-order valence-electron chi connectivity index (χ3n) is 5.25. The molecule has 0 bridgehead atoms. The van der Waals surface area contributed by atoms with Crippen LogP contribution in [0.1, 0.15) is 27.6 Å². The number of nitrogens with one attached hydrogen (secondary N) is 2. The molecule has 4 rings (SSSR count). The van der Waals surface area contributed by atoms with Crippen LogP contribution in [0.3, 0.4) is 0 Å². The number of rotatable bonds is 4. The molecule has 1 atom stereocenters. The van der Waals surface area contributed by atoms with Gasteiger partial charge in [0.15, 0.2) is 0 Å². The van der Waals surface area contributed by atoms with Crippen LogP contribution in [-0.2, 0) is 6.54 Å². The summed E-state index contributed by atoms with van der Waals surface area (Å²) in [4.78, 5) is 26.6. The number of ether oxygens (including phenoxy) is 2. The molecule has 0 radical (unpaired) electrons. The second-order valence-electron chi connectivity index (χ2n) is 7.32. The van der Waals surface area contributed by atoms with Gasteiger partial charge in [0.1, 0.15) is 17.6 Å². The molecule has 164 valence electrons. The van der Waals surface area contributed by atoms with E-state index < -0.39 is 12.0 Å². The van der Waals surface area contributed by atoms with Crippen LogP contribution in [0.15, 0.2) is 72.8 Å². The summed E-state index contributed by atoms with van der Waals surface area (Å²) in [5.74, 6) is 0.553. The number of nitrogens with zero attached hydrogens (tertiary/aromatic N) is 1. The lowest BCUT2D eigenvalue weighted by Gasteiger charge is -2.24. The zero-order chi connectivity index (χ0) is 22.5. The normalized spacial score (nSPS) is 15.1. The zero-order valence-electron chi connectivity index (χ0n) is 17.4. The Balaban J connectivity index is 1.63. The molecule has 8 nitrogen and oxygen atoms in total. The summed E-state index contributed by atoms with van der Waals surface area (Å²) in [7, 11) is 1.58. The highest BCUT2D eigenvalue weighted by molar-refractivity contribution is 5.94. The summed E-state index contributed by atoms with van der Waals surface area (Å²) in [5.41, 5.74) is 4.19. The Morgan fingerprint density at radius 1 is 1.06 bits per heavy atom. The van der Waals surface area contributed by atoms with Crippen molar-refractivity contribution in [3.63, 3.8) is 0 Å². The van der Waals surface area contributed by atoms with Crippen molar-refractivity contribution in [3.8, 4) is 11.5 Å². The topological polar surface area (TPSA) is 100 Å². The lowest BCUT2D eigenvalue weighted by Crippen LogP contribution is -2.37. The maximum atomic E-state index is 13.1. The number of methoxy groups -OCH3 is 1. The van der Waals surface area contributed by atoms with Crippen LogP contribution in [0.4, 0.5) is 10.5 Å². The average molecular weight is 433 g/mol. The van der Waals surface area contributed by atoms with Crippen LogP contribution < -0.4 is 20.3 Å². The van der Waals surface area contributed by atoms with Crippen molar-refractivity contribution in [2.24, 2.45) is 0 Å². The van der Waals surface area contributed by atoms with Gasteiger partial charge in [-0.1, -0.05) is 36.4 Å². The van der Waals surface area contributed by atoms with E-state index in [9.17, 15) is 9.59 Å². The fourth-order valence-electron chi connectivity index (χ4n) is 3.53. The number of carbonyl (C=O) groups excluding carboxylic acids is 2. The van der Waals surface area contributed by atoms with E-state index in [1.165, 1.54) is 0 Å². The number of carbonyl (C=O) groups is 2. The fraction of sp³-hybridized carbons (Fsp3) is 0.167. The Morgan fingerprint density at radius 3 is 2.50 bits per heavy atom. The Morgan fingerprint density at radius 2 is 1.81 bits per heavy atom. The van der Waals surface area contributed by atoms with Gasteiger partial charge in [-0.25, -0.2) is 10.3 Å². The zero-order valence-corrected chi connectivity index (χ0v) is 17.4. The molecule has 1 aliphatic rings. The molecule has 0 saturated carbocycles. The number of fused-ring (bicyclic) bond motifs is 1. The van der Waals surface area contributed by atoms with Crippen molar-refractivity contribution in [2.45, 2.75) is 12.6 Å². The van der Waals surface area contributed by atoms with Crippen molar-refractivity contribution in [3.05, 3.63) is 89.5 Å². The van der Waals surface area contributed by atoms with Crippen molar-refractivity contribution in [2.75, 3.05) is 19.0 Å². The molecule has 0 spiro atoms. The average Bonchev–Trinajstić information content (AvgIpc) is 3.04. The predicted octanol–water partition coefficient (Wildman–Crippen LogP) is 3.98. The Hall–Kier alpha value is -4.04. The van der Waals surface area contributed by atoms with Gasteiger partial charge in [-0.15, -0.1) is 0 Å². The predicted molar refractivity (Wildman–Crippen MR) is 118 cm³/mol. The first-order valence-electron chi connectivity index (χ1n) is 10.1.